The van der Waals surface area contributed by atoms with Crippen LogP contribution >= 0.6 is 0 Å². The molecule has 3 nitrogen and oxygen atoms in total. The molecule has 1 aromatic heterocycles. The predicted molar refractivity (Wildman–Crippen MR) is 43.1 cm³/mol. The van der Waals surface area contributed by atoms with Gasteiger partial charge in [-0.1, -0.05) is 13.0 Å². The van der Waals surface area contributed by atoms with Crippen molar-refractivity contribution in [3.05, 3.63) is 24.1 Å². The van der Waals surface area contributed by atoms with Crippen LogP contribution in [0, 0.1) is 5.95 Å². The first kappa shape index (κ1) is 8.64. The van der Waals surface area contributed by atoms with Gasteiger partial charge in [0.15, 0.2) is 0 Å². The van der Waals surface area contributed by atoms with Crippen molar-refractivity contribution in [2.24, 2.45) is 0 Å². The van der Waals surface area contributed by atoms with Crippen molar-refractivity contribution in [1.29, 1.82) is 0 Å². The molecule has 0 saturated heterocycles. The van der Waals surface area contributed by atoms with Crippen LogP contribution in [-0.4, -0.2) is 10.9 Å². The molecule has 64 valence electrons. The number of rotatable bonds is 2. The second-order valence-electron chi connectivity index (χ2n) is 2.25. The normalized spacial score (nSPS) is 9.50. The van der Waals surface area contributed by atoms with Gasteiger partial charge < -0.3 is 5.32 Å². The van der Waals surface area contributed by atoms with E-state index < -0.39 is 5.95 Å². The summed E-state index contributed by atoms with van der Waals surface area (Å²) in [5.74, 6) is -0.515. The van der Waals surface area contributed by atoms with Gasteiger partial charge in [-0.2, -0.15) is 4.39 Å². The number of carbonyl (C=O) groups is 1. The van der Waals surface area contributed by atoms with Gasteiger partial charge in [0, 0.05) is 6.42 Å². The molecule has 0 unspecified atom stereocenters. The number of aromatic nitrogens is 1. The summed E-state index contributed by atoms with van der Waals surface area (Å²) in [5, 5.41) is 2.44. The van der Waals surface area contributed by atoms with E-state index in [1.54, 1.807) is 6.92 Å². The maximum absolute atomic E-state index is 12.5. The van der Waals surface area contributed by atoms with Crippen LogP contribution in [-0.2, 0) is 4.79 Å². The van der Waals surface area contributed by atoms with Crippen LogP contribution in [0.4, 0.5) is 10.2 Å². The summed E-state index contributed by atoms with van der Waals surface area (Å²) in [5.41, 5.74) is 0. The second kappa shape index (κ2) is 3.80. The smallest absolute Gasteiger partial charge is 0.225 e. The van der Waals surface area contributed by atoms with Crippen LogP contribution in [0.15, 0.2) is 18.2 Å². The average Bonchev–Trinajstić information content (AvgIpc) is 2.04. The third-order valence-corrected chi connectivity index (χ3v) is 1.30. The lowest BCUT2D eigenvalue weighted by Gasteiger charge is -2.00. The fraction of sp³-hybridized carbons (Fsp3) is 0.250. The zero-order valence-corrected chi connectivity index (χ0v) is 6.67. The predicted octanol–water partition coefficient (Wildman–Crippen LogP) is 1.57. The topological polar surface area (TPSA) is 42.0 Å². The Hall–Kier alpha value is -1.45. The molecule has 0 saturated carbocycles. The molecule has 1 amide bonds. The van der Waals surface area contributed by atoms with Gasteiger partial charge in [0.1, 0.15) is 5.82 Å². The van der Waals surface area contributed by atoms with Gasteiger partial charge in [0.2, 0.25) is 11.9 Å². The van der Waals surface area contributed by atoms with Crippen molar-refractivity contribution in [2.75, 3.05) is 5.32 Å². The van der Waals surface area contributed by atoms with Crippen LogP contribution in [0.1, 0.15) is 13.3 Å². The van der Waals surface area contributed by atoms with Crippen LogP contribution in [0.3, 0.4) is 0 Å². The first-order valence-electron chi connectivity index (χ1n) is 3.64. The van der Waals surface area contributed by atoms with E-state index in [1.807, 2.05) is 0 Å². The van der Waals surface area contributed by atoms with Crippen LogP contribution in [0.25, 0.3) is 0 Å². The molecule has 0 aromatic carbocycles. The lowest BCUT2D eigenvalue weighted by Crippen LogP contribution is -2.10. The van der Waals surface area contributed by atoms with E-state index >= 15 is 0 Å². The minimum absolute atomic E-state index is 0.173. The zero-order chi connectivity index (χ0) is 8.97. The molecule has 4 heteroatoms. The number of nitrogens with zero attached hydrogens (tertiary/aromatic N) is 1. The van der Waals surface area contributed by atoms with Gasteiger partial charge in [-0.3, -0.25) is 4.79 Å². The van der Waals surface area contributed by atoms with E-state index in [1.165, 1.54) is 18.2 Å². The highest BCUT2D eigenvalue weighted by atomic mass is 19.1. The van der Waals surface area contributed by atoms with E-state index in [0.717, 1.165) is 0 Å². The minimum Gasteiger partial charge on any atom is -0.311 e. The third-order valence-electron chi connectivity index (χ3n) is 1.30. The van der Waals surface area contributed by atoms with Crippen LogP contribution in [0.5, 0.6) is 0 Å². The maximum atomic E-state index is 12.5. The number of anilines is 1. The van der Waals surface area contributed by atoms with Crippen molar-refractivity contribution in [3.8, 4) is 0 Å². The van der Waals surface area contributed by atoms with Gasteiger partial charge >= 0.3 is 0 Å². The first-order valence-corrected chi connectivity index (χ1v) is 3.64. The summed E-state index contributed by atoms with van der Waals surface area (Å²) in [4.78, 5) is 14.3. The van der Waals surface area contributed by atoms with Gasteiger partial charge in [-0.15, -0.1) is 0 Å². The van der Waals surface area contributed by atoms with Crippen molar-refractivity contribution in [3.63, 3.8) is 0 Å². The molecule has 0 aliphatic rings. The van der Waals surface area contributed by atoms with E-state index in [2.05, 4.69) is 10.3 Å². The van der Waals surface area contributed by atoms with Gasteiger partial charge in [-0.05, 0) is 12.1 Å². The molecule has 0 aliphatic carbocycles. The van der Waals surface area contributed by atoms with E-state index in [9.17, 15) is 9.18 Å². The van der Waals surface area contributed by atoms with Crippen molar-refractivity contribution in [1.82, 2.24) is 4.98 Å². The fourth-order valence-electron chi connectivity index (χ4n) is 0.709. The zero-order valence-electron chi connectivity index (χ0n) is 6.67. The summed E-state index contributed by atoms with van der Waals surface area (Å²) < 4.78 is 12.5. The Kier molecular flexibility index (Phi) is 2.74. The number of nitrogens with one attached hydrogen (secondary N) is 1. The average molecular weight is 168 g/mol. The molecular formula is C8H9FN2O. The minimum atomic E-state index is -0.594. The highest BCUT2D eigenvalue weighted by Crippen LogP contribution is 2.03. The van der Waals surface area contributed by atoms with E-state index in [-0.39, 0.29) is 11.7 Å². The Bertz CT molecular complexity index is 288. The van der Waals surface area contributed by atoms with Gasteiger partial charge in [-0.25, -0.2) is 4.98 Å². The van der Waals surface area contributed by atoms with E-state index in [4.69, 9.17) is 0 Å². The van der Waals surface area contributed by atoms with E-state index in [0.29, 0.717) is 6.42 Å². The molecule has 12 heavy (non-hydrogen) atoms. The number of pyridine rings is 1. The molecule has 1 N–H and O–H groups in total. The first-order chi connectivity index (χ1) is 5.72. The molecule has 0 atom stereocenters. The Balaban J connectivity index is 2.69. The Morgan fingerprint density at radius 1 is 1.67 bits per heavy atom. The quantitative estimate of drug-likeness (QED) is 0.681. The molecule has 0 radical (unpaired) electrons. The number of carbonyl (C=O) groups excluding carboxylic acids is 1. The molecule has 0 bridgehead atoms. The molecule has 1 aromatic rings. The summed E-state index contributed by atoms with van der Waals surface area (Å²) in [6, 6.07) is 4.26. The highest BCUT2D eigenvalue weighted by molar-refractivity contribution is 5.89. The molecular weight excluding hydrogens is 159 g/mol. The third kappa shape index (κ3) is 2.30. The maximum Gasteiger partial charge on any atom is 0.225 e. The van der Waals surface area contributed by atoms with Gasteiger partial charge in [0.25, 0.3) is 0 Å². The lowest BCUT2D eigenvalue weighted by molar-refractivity contribution is -0.115. The Labute approximate surface area is 69.6 Å². The summed E-state index contributed by atoms with van der Waals surface area (Å²) in [7, 11) is 0. The fourth-order valence-corrected chi connectivity index (χ4v) is 0.709. The highest BCUT2D eigenvalue weighted by Gasteiger charge is 1.99. The monoisotopic (exact) mass is 168 g/mol. The molecule has 0 spiro atoms. The molecule has 1 heterocycles. The van der Waals surface area contributed by atoms with Crippen LogP contribution < -0.4 is 5.32 Å². The Morgan fingerprint density at radius 3 is 3.00 bits per heavy atom. The van der Waals surface area contributed by atoms with Crippen molar-refractivity contribution < 1.29 is 9.18 Å². The standard InChI is InChI=1S/C8H9FN2O/c1-2-8(12)11-7-5-3-4-6(9)10-7/h3-5H,2H2,1H3,(H,10,11,12). The Morgan fingerprint density at radius 2 is 2.42 bits per heavy atom. The SMILES string of the molecule is CCC(=O)Nc1cccc(F)n1. The van der Waals surface area contributed by atoms with Crippen molar-refractivity contribution in [2.45, 2.75) is 13.3 Å². The summed E-state index contributed by atoms with van der Waals surface area (Å²) in [6.45, 7) is 1.72. The second-order valence-corrected chi connectivity index (χ2v) is 2.25. The van der Waals surface area contributed by atoms with Crippen molar-refractivity contribution >= 4 is 11.7 Å². The summed E-state index contributed by atoms with van der Waals surface area (Å²) >= 11 is 0. The molecule has 0 aliphatic heterocycles. The molecule has 0 fully saturated rings. The van der Waals surface area contributed by atoms with Crippen LogP contribution in [0.2, 0.25) is 0 Å². The number of halogens is 1. The largest absolute Gasteiger partial charge is 0.311 e. The number of amides is 1. The number of hydrogen-bond donors (Lipinski definition) is 1. The van der Waals surface area contributed by atoms with Gasteiger partial charge in [0.05, 0.1) is 0 Å². The lowest BCUT2D eigenvalue weighted by atomic mass is 10.4. The number of hydrogen-bond acceptors (Lipinski definition) is 2. The molecule has 1 rings (SSSR count). The summed E-state index contributed by atoms with van der Waals surface area (Å²) in [6.07, 6.45) is 0.359.